The van der Waals surface area contributed by atoms with E-state index in [0.717, 1.165) is 24.3 Å². The van der Waals surface area contributed by atoms with E-state index >= 15 is 0 Å². The lowest BCUT2D eigenvalue weighted by Gasteiger charge is -2.22. The van der Waals surface area contributed by atoms with Gasteiger partial charge in [0.2, 0.25) is 0 Å². The van der Waals surface area contributed by atoms with E-state index in [0.29, 0.717) is 17.1 Å². The molecule has 0 saturated heterocycles. The Morgan fingerprint density at radius 2 is 2.38 bits per heavy atom. The molecule has 68 valence electrons. The molecule has 0 bridgehead atoms. The minimum atomic E-state index is 0.297. The quantitative estimate of drug-likeness (QED) is 0.657. The Bertz CT molecular complexity index is 372. The van der Waals surface area contributed by atoms with Crippen molar-refractivity contribution in [3.05, 3.63) is 23.8 Å². The Morgan fingerprint density at radius 1 is 1.54 bits per heavy atom. The molecule has 1 saturated carbocycles. The average Bonchev–Trinajstić information content (AvgIpc) is 2.77. The molecule has 1 aliphatic carbocycles. The summed E-state index contributed by atoms with van der Waals surface area (Å²) in [5.74, 6) is 1.79. The van der Waals surface area contributed by atoms with Gasteiger partial charge in [0.05, 0.1) is 6.61 Å². The maximum Gasteiger partial charge on any atom is 0.126 e. The van der Waals surface area contributed by atoms with Gasteiger partial charge in [-0.25, -0.2) is 0 Å². The van der Waals surface area contributed by atoms with Gasteiger partial charge in [0.1, 0.15) is 11.5 Å². The molecule has 0 radical (unpaired) electrons. The molecule has 13 heavy (non-hydrogen) atoms. The molecule has 0 spiro atoms. The Hall–Kier alpha value is -1.18. The van der Waals surface area contributed by atoms with Gasteiger partial charge in [-0.2, -0.15) is 0 Å². The number of phenols is 1. The topological polar surface area (TPSA) is 29.5 Å². The molecule has 1 aromatic carbocycles. The van der Waals surface area contributed by atoms with Crippen LogP contribution < -0.4 is 4.74 Å². The van der Waals surface area contributed by atoms with Crippen molar-refractivity contribution in [2.45, 2.75) is 19.3 Å². The summed E-state index contributed by atoms with van der Waals surface area (Å²) in [6.45, 7) is 3.02. The summed E-state index contributed by atoms with van der Waals surface area (Å²) < 4.78 is 5.60. The molecular formula is C11H12O2. The summed E-state index contributed by atoms with van der Waals surface area (Å²) in [5.41, 5.74) is 1.32. The third-order valence-electron chi connectivity index (χ3n) is 3.30. The minimum absolute atomic E-state index is 0.297. The Labute approximate surface area is 77.2 Å². The SMILES string of the molecule is CC12COc3cccc(O)c3[C@H]1C2. The zero-order valence-corrected chi connectivity index (χ0v) is 7.58. The van der Waals surface area contributed by atoms with E-state index in [9.17, 15) is 5.11 Å². The molecule has 3 rings (SSSR count). The molecule has 2 nitrogen and oxygen atoms in total. The van der Waals surface area contributed by atoms with Crippen LogP contribution in [0, 0.1) is 5.41 Å². The van der Waals surface area contributed by atoms with Gasteiger partial charge in [-0.05, 0) is 18.6 Å². The maximum absolute atomic E-state index is 9.69. The van der Waals surface area contributed by atoms with Crippen molar-refractivity contribution < 1.29 is 9.84 Å². The Morgan fingerprint density at radius 3 is 3.23 bits per heavy atom. The fraction of sp³-hybridized carbons (Fsp3) is 0.455. The van der Waals surface area contributed by atoms with E-state index in [1.807, 2.05) is 12.1 Å². The summed E-state index contributed by atoms with van der Waals surface area (Å²) in [5, 5.41) is 9.69. The second-order valence-electron chi connectivity index (χ2n) is 4.39. The van der Waals surface area contributed by atoms with Gasteiger partial charge in [0.25, 0.3) is 0 Å². The van der Waals surface area contributed by atoms with Crippen LogP contribution in [-0.4, -0.2) is 11.7 Å². The van der Waals surface area contributed by atoms with E-state index in [4.69, 9.17) is 4.74 Å². The smallest absolute Gasteiger partial charge is 0.126 e. The number of rotatable bonds is 0. The highest BCUT2D eigenvalue weighted by Crippen LogP contribution is 2.65. The minimum Gasteiger partial charge on any atom is -0.508 e. The average molecular weight is 176 g/mol. The monoisotopic (exact) mass is 176 g/mol. The predicted molar refractivity (Wildman–Crippen MR) is 49.1 cm³/mol. The lowest BCUT2D eigenvalue weighted by Crippen LogP contribution is -2.16. The Kier molecular flexibility index (Phi) is 1.12. The predicted octanol–water partition coefficient (Wildman–Crippen LogP) is 2.28. The lowest BCUT2D eigenvalue weighted by atomic mass is 9.98. The van der Waals surface area contributed by atoms with Crippen LogP contribution in [0.4, 0.5) is 0 Å². The molecule has 2 aliphatic rings. The van der Waals surface area contributed by atoms with E-state index in [-0.39, 0.29) is 0 Å². The fourth-order valence-corrected chi connectivity index (χ4v) is 2.27. The molecule has 2 atom stereocenters. The summed E-state index contributed by atoms with van der Waals surface area (Å²) >= 11 is 0. The number of fused-ring (bicyclic) bond motifs is 3. The van der Waals surface area contributed by atoms with Crippen LogP contribution in [0.1, 0.15) is 24.8 Å². The van der Waals surface area contributed by atoms with Gasteiger partial charge < -0.3 is 9.84 Å². The maximum atomic E-state index is 9.69. The van der Waals surface area contributed by atoms with Crippen molar-refractivity contribution in [1.82, 2.24) is 0 Å². The first-order valence-corrected chi connectivity index (χ1v) is 4.65. The van der Waals surface area contributed by atoms with Crippen LogP contribution in [0.5, 0.6) is 11.5 Å². The van der Waals surface area contributed by atoms with E-state index < -0.39 is 0 Å². The summed E-state index contributed by atoms with van der Waals surface area (Å²) in [6.07, 6.45) is 1.15. The lowest BCUT2D eigenvalue weighted by molar-refractivity contribution is 0.221. The van der Waals surface area contributed by atoms with Gasteiger partial charge >= 0.3 is 0 Å². The largest absolute Gasteiger partial charge is 0.508 e. The summed E-state index contributed by atoms with van der Waals surface area (Å²) in [6, 6.07) is 5.51. The first-order valence-electron chi connectivity index (χ1n) is 4.65. The summed E-state index contributed by atoms with van der Waals surface area (Å²) in [4.78, 5) is 0. The van der Waals surface area contributed by atoms with Crippen molar-refractivity contribution in [2.75, 3.05) is 6.61 Å². The second kappa shape index (κ2) is 2.00. The standard InChI is InChI=1S/C11H12O2/c1-11-5-7(11)10-8(12)3-2-4-9(10)13-6-11/h2-4,7,12H,5-6H2,1H3/t7-,11?/m1/s1. The summed E-state index contributed by atoms with van der Waals surface area (Å²) in [7, 11) is 0. The third-order valence-corrected chi connectivity index (χ3v) is 3.30. The highest BCUT2D eigenvalue weighted by molar-refractivity contribution is 5.51. The molecule has 1 unspecified atom stereocenters. The first kappa shape index (κ1) is 7.25. The highest BCUT2D eigenvalue weighted by atomic mass is 16.5. The van der Waals surface area contributed by atoms with Crippen molar-refractivity contribution >= 4 is 0 Å². The fourth-order valence-electron chi connectivity index (χ4n) is 2.27. The van der Waals surface area contributed by atoms with E-state index in [2.05, 4.69) is 6.92 Å². The van der Waals surface area contributed by atoms with Crippen molar-refractivity contribution in [1.29, 1.82) is 0 Å². The molecule has 1 heterocycles. The number of ether oxygens (including phenoxy) is 1. The van der Waals surface area contributed by atoms with Crippen molar-refractivity contribution in [3.63, 3.8) is 0 Å². The highest BCUT2D eigenvalue weighted by Gasteiger charge is 2.55. The van der Waals surface area contributed by atoms with Gasteiger partial charge in [0.15, 0.2) is 0 Å². The zero-order valence-electron chi connectivity index (χ0n) is 7.58. The number of aromatic hydroxyl groups is 1. The van der Waals surface area contributed by atoms with Crippen LogP contribution in [0.15, 0.2) is 18.2 Å². The molecule has 1 fully saturated rings. The molecular weight excluding hydrogens is 164 g/mol. The van der Waals surface area contributed by atoms with Gasteiger partial charge in [0, 0.05) is 16.9 Å². The molecule has 1 N–H and O–H groups in total. The zero-order chi connectivity index (χ0) is 9.05. The first-order chi connectivity index (χ1) is 6.21. The van der Waals surface area contributed by atoms with Crippen LogP contribution >= 0.6 is 0 Å². The van der Waals surface area contributed by atoms with Crippen molar-refractivity contribution in [2.24, 2.45) is 5.41 Å². The van der Waals surface area contributed by atoms with Gasteiger partial charge in [-0.1, -0.05) is 13.0 Å². The molecule has 1 aliphatic heterocycles. The van der Waals surface area contributed by atoms with Crippen molar-refractivity contribution in [3.8, 4) is 11.5 Å². The van der Waals surface area contributed by atoms with Crippen LogP contribution in [0.2, 0.25) is 0 Å². The normalized spacial score (nSPS) is 34.4. The van der Waals surface area contributed by atoms with E-state index in [1.165, 1.54) is 0 Å². The molecule has 1 aromatic rings. The van der Waals surface area contributed by atoms with Gasteiger partial charge in [-0.15, -0.1) is 0 Å². The second-order valence-corrected chi connectivity index (χ2v) is 4.39. The van der Waals surface area contributed by atoms with E-state index in [1.54, 1.807) is 6.07 Å². The van der Waals surface area contributed by atoms with Crippen LogP contribution in [-0.2, 0) is 0 Å². The van der Waals surface area contributed by atoms with Gasteiger partial charge in [-0.3, -0.25) is 0 Å². The molecule has 0 aromatic heterocycles. The Balaban J connectivity index is 2.17. The number of phenolic OH excluding ortho intramolecular Hbond substituents is 1. The van der Waals surface area contributed by atoms with Crippen LogP contribution in [0.3, 0.4) is 0 Å². The number of hydrogen-bond donors (Lipinski definition) is 1. The number of hydrogen-bond acceptors (Lipinski definition) is 2. The number of benzene rings is 1. The molecule has 0 amide bonds. The van der Waals surface area contributed by atoms with Crippen LogP contribution in [0.25, 0.3) is 0 Å². The molecule has 2 heteroatoms. The third kappa shape index (κ3) is 0.831.